The highest BCUT2D eigenvalue weighted by Crippen LogP contribution is 2.63. The predicted molar refractivity (Wildman–Crippen MR) is 326 cm³/mol. The van der Waals surface area contributed by atoms with Gasteiger partial charge in [-0.3, -0.25) is 0 Å². The number of nitrogens with zero attached hydrogens (tertiary/aromatic N) is 2. The zero-order chi connectivity index (χ0) is 52.1. The Morgan fingerprint density at radius 3 is 1.22 bits per heavy atom. The third kappa shape index (κ3) is 6.48. The SMILES string of the molecule is CC1(C)c2ccc(-c3ccc(-c4ccc5c(c4)C4(C)CCCCC4(C)N5c4ccccc4)cc3)cc2-c2c1c1ccc(-c3ccc(-c4ccc5c(c4)C4(C)CCCCC4(C)N5c4ccccc4)cc3)cc1c1ccccc21. The number of fused-ring (bicyclic) bond motifs is 14. The third-order valence-corrected chi connectivity index (χ3v) is 21.0. The lowest BCUT2D eigenvalue weighted by atomic mass is 9.61. The van der Waals surface area contributed by atoms with Crippen LogP contribution in [0, 0.1) is 0 Å². The van der Waals surface area contributed by atoms with Gasteiger partial charge in [0, 0.05) is 39.0 Å². The number of para-hydroxylation sites is 2. The van der Waals surface area contributed by atoms with Gasteiger partial charge in [0.25, 0.3) is 0 Å². The molecule has 0 bridgehead atoms. The monoisotopic (exact) mass is 997 g/mol. The van der Waals surface area contributed by atoms with Gasteiger partial charge in [-0.2, -0.15) is 0 Å². The van der Waals surface area contributed by atoms with Gasteiger partial charge in [-0.25, -0.2) is 0 Å². The Balaban J connectivity index is 0.752. The summed E-state index contributed by atoms with van der Waals surface area (Å²) >= 11 is 0. The molecule has 378 valence electrons. The first kappa shape index (κ1) is 46.6. The first-order valence-electron chi connectivity index (χ1n) is 28.7. The van der Waals surface area contributed by atoms with Crippen molar-refractivity contribution in [1.29, 1.82) is 0 Å². The first-order chi connectivity index (χ1) is 37.4. The molecule has 0 N–H and O–H groups in total. The molecule has 4 atom stereocenters. The highest BCUT2D eigenvalue weighted by molar-refractivity contribution is 6.19. The summed E-state index contributed by atoms with van der Waals surface area (Å²) in [6.45, 7) is 15.0. The zero-order valence-electron chi connectivity index (χ0n) is 45.7. The van der Waals surface area contributed by atoms with Crippen molar-refractivity contribution in [1.82, 2.24) is 0 Å². The molecule has 3 aliphatic carbocycles. The maximum atomic E-state index is 2.67. The van der Waals surface area contributed by atoms with Crippen LogP contribution in [0.25, 0.3) is 77.2 Å². The number of rotatable bonds is 6. The summed E-state index contributed by atoms with van der Waals surface area (Å²) in [6.07, 6.45) is 9.95. The Labute approximate surface area is 456 Å². The van der Waals surface area contributed by atoms with E-state index in [9.17, 15) is 0 Å². The van der Waals surface area contributed by atoms with Crippen molar-refractivity contribution in [2.75, 3.05) is 9.80 Å². The standard InChI is InChI=1S/C75H68N2/c1-71(2)64-38-34-54(50-27-31-52(32-28-50)56-36-40-68-66(48-56)73(4)42-16-18-44-75(73,6)77(68)58-21-11-8-12-22-58)46-63(64)69-60-24-14-13-23-59(60)62-45-53(33-37-61(62)70(69)71)49-25-29-51(30-26-49)55-35-39-67-65(47-55)72(3)41-15-17-43-74(72,5)76(67)57-19-9-7-10-20-57/h7-14,19-40,45-48H,15-18,41-44H2,1-6H3. The van der Waals surface area contributed by atoms with Gasteiger partial charge in [-0.05, 0) is 200 Å². The van der Waals surface area contributed by atoms with Crippen molar-refractivity contribution in [3.63, 3.8) is 0 Å². The molecule has 0 saturated heterocycles. The second-order valence-electron chi connectivity index (χ2n) is 25.0. The van der Waals surface area contributed by atoms with Crippen LogP contribution in [0.1, 0.15) is 115 Å². The van der Waals surface area contributed by atoms with Crippen LogP contribution in [0.4, 0.5) is 22.7 Å². The highest BCUT2D eigenvalue weighted by Gasteiger charge is 2.59. The lowest BCUT2D eigenvalue weighted by Gasteiger charge is -2.50. The largest absolute Gasteiger partial charge is 0.334 e. The molecule has 2 heterocycles. The smallest absolute Gasteiger partial charge is 0.0517 e. The maximum absolute atomic E-state index is 2.67. The summed E-state index contributed by atoms with van der Waals surface area (Å²) in [6, 6.07) is 79.2. The number of benzene rings is 10. The van der Waals surface area contributed by atoms with E-state index < -0.39 is 0 Å². The Morgan fingerprint density at radius 1 is 0.312 bits per heavy atom. The van der Waals surface area contributed by atoms with E-state index in [-0.39, 0.29) is 27.3 Å². The van der Waals surface area contributed by atoms with Crippen LogP contribution in [0.3, 0.4) is 0 Å². The average Bonchev–Trinajstić information content (AvgIpc) is 4.03. The highest BCUT2D eigenvalue weighted by atomic mass is 15.3. The van der Waals surface area contributed by atoms with Gasteiger partial charge in [0.15, 0.2) is 0 Å². The van der Waals surface area contributed by atoms with Crippen LogP contribution in [0.5, 0.6) is 0 Å². The summed E-state index contributed by atoms with van der Waals surface area (Å²) in [5.74, 6) is 0. The van der Waals surface area contributed by atoms with Gasteiger partial charge in [0.1, 0.15) is 0 Å². The quantitative estimate of drug-likeness (QED) is 0.153. The summed E-state index contributed by atoms with van der Waals surface area (Å²) < 4.78 is 0. The third-order valence-electron chi connectivity index (χ3n) is 21.0. The van der Waals surface area contributed by atoms with E-state index in [1.807, 2.05) is 0 Å². The fourth-order valence-electron chi connectivity index (χ4n) is 16.4. The molecule has 0 spiro atoms. The predicted octanol–water partition coefficient (Wildman–Crippen LogP) is 20.5. The van der Waals surface area contributed by atoms with Gasteiger partial charge in [0.05, 0.1) is 11.1 Å². The van der Waals surface area contributed by atoms with Crippen molar-refractivity contribution < 1.29 is 0 Å². The second kappa shape index (κ2) is 16.7. The van der Waals surface area contributed by atoms with Crippen LogP contribution >= 0.6 is 0 Å². The lowest BCUT2D eigenvalue weighted by Crippen LogP contribution is -2.54. The van der Waals surface area contributed by atoms with Crippen molar-refractivity contribution in [3.8, 4) is 55.6 Å². The van der Waals surface area contributed by atoms with Crippen molar-refractivity contribution in [2.24, 2.45) is 0 Å². The van der Waals surface area contributed by atoms with Crippen LogP contribution in [0.15, 0.2) is 206 Å². The molecule has 10 aromatic carbocycles. The fourth-order valence-corrected chi connectivity index (χ4v) is 16.4. The molecular formula is C75H68N2. The molecule has 15 rings (SSSR count). The van der Waals surface area contributed by atoms with E-state index in [0.717, 1.165) is 0 Å². The summed E-state index contributed by atoms with van der Waals surface area (Å²) in [5, 5.41) is 5.31. The molecule has 4 unspecified atom stereocenters. The lowest BCUT2D eigenvalue weighted by molar-refractivity contribution is 0.195. The van der Waals surface area contributed by atoms with Crippen LogP contribution in [-0.4, -0.2) is 11.1 Å². The van der Waals surface area contributed by atoms with E-state index in [0.29, 0.717) is 0 Å². The van der Waals surface area contributed by atoms with E-state index >= 15 is 0 Å². The molecular weight excluding hydrogens is 929 g/mol. The molecule has 2 aliphatic heterocycles. The number of hydrogen-bond acceptors (Lipinski definition) is 2. The minimum absolute atomic E-state index is 0.0422. The van der Waals surface area contributed by atoms with Crippen LogP contribution in [-0.2, 0) is 16.2 Å². The van der Waals surface area contributed by atoms with Crippen molar-refractivity contribution >= 4 is 44.3 Å². The van der Waals surface area contributed by atoms with Gasteiger partial charge in [-0.1, -0.05) is 199 Å². The molecule has 2 nitrogen and oxygen atoms in total. The van der Waals surface area contributed by atoms with E-state index in [1.54, 1.807) is 0 Å². The molecule has 10 aromatic rings. The zero-order valence-corrected chi connectivity index (χ0v) is 45.7. The van der Waals surface area contributed by atoms with E-state index in [1.165, 1.54) is 174 Å². The van der Waals surface area contributed by atoms with Gasteiger partial charge in [-0.15, -0.1) is 0 Å². The minimum atomic E-state index is -0.173. The van der Waals surface area contributed by atoms with Crippen molar-refractivity contribution in [3.05, 3.63) is 229 Å². The molecule has 2 fully saturated rings. The Morgan fingerprint density at radius 2 is 0.714 bits per heavy atom. The Bertz CT molecular complexity index is 4020. The minimum Gasteiger partial charge on any atom is -0.334 e. The number of hydrogen-bond donors (Lipinski definition) is 0. The van der Waals surface area contributed by atoms with Crippen molar-refractivity contribution in [2.45, 2.75) is 120 Å². The molecule has 0 aromatic heterocycles. The molecule has 0 radical (unpaired) electrons. The second-order valence-corrected chi connectivity index (χ2v) is 25.0. The maximum Gasteiger partial charge on any atom is 0.0517 e. The average molecular weight is 997 g/mol. The van der Waals surface area contributed by atoms with Crippen LogP contribution in [0.2, 0.25) is 0 Å². The number of anilines is 4. The summed E-state index contributed by atoms with van der Waals surface area (Å²) in [4.78, 5) is 5.34. The molecule has 2 saturated carbocycles. The fraction of sp³-hybridized carbons (Fsp3) is 0.253. The summed E-state index contributed by atoms with van der Waals surface area (Å²) in [7, 11) is 0. The van der Waals surface area contributed by atoms with E-state index in [2.05, 4.69) is 258 Å². The first-order valence-corrected chi connectivity index (χ1v) is 28.7. The molecule has 2 heteroatoms. The summed E-state index contributed by atoms with van der Waals surface area (Å²) in [5.41, 5.74) is 24.1. The van der Waals surface area contributed by atoms with Gasteiger partial charge >= 0.3 is 0 Å². The van der Waals surface area contributed by atoms with Crippen LogP contribution < -0.4 is 9.80 Å². The topological polar surface area (TPSA) is 6.48 Å². The Kier molecular flexibility index (Phi) is 10.1. The molecule has 0 amide bonds. The normalized spacial score (nSPS) is 23.6. The van der Waals surface area contributed by atoms with Gasteiger partial charge < -0.3 is 9.80 Å². The van der Waals surface area contributed by atoms with E-state index in [4.69, 9.17) is 0 Å². The molecule has 5 aliphatic rings. The van der Waals surface area contributed by atoms with Gasteiger partial charge in [0.2, 0.25) is 0 Å². The molecule has 77 heavy (non-hydrogen) atoms. The Hall–Kier alpha value is -7.68.